The molecule has 2 aliphatic rings. The van der Waals surface area contributed by atoms with Crippen LogP contribution in [0.15, 0.2) is 53.8 Å². The molecule has 1 N–H and O–H groups in total. The third kappa shape index (κ3) is 3.90. The summed E-state index contributed by atoms with van der Waals surface area (Å²) in [5.41, 5.74) is 4.50. The number of aromatic nitrogens is 5. The number of aliphatic hydroxyl groups is 1. The average Bonchev–Trinajstić information content (AvgIpc) is 3.47. The number of nitrogens with zero attached hydrogens (tertiary/aromatic N) is 6. The maximum Gasteiger partial charge on any atom is 0.261 e. The Hall–Kier alpha value is -3.56. The highest BCUT2D eigenvalue weighted by molar-refractivity contribution is 5.93. The fourth-order valence-electron chi connectivity index (χ4n) is 5.11. The van der Waals surface area contributed by atoms with E-state index in [-0.39, 0.29) is 18.2 Å². The van der Waals surface area contributed by atoms with Crippen LogP contribution in [0.3, 0.4) is 0 Å². The maximum atomic E-state index is 13.4. The predicted octanol–water partition coefficient (Wildman–Crippen LogP) is 2.78. The molecule has 3 aromatic heterocycles. The van der Waals surface area contributed by atoms with Crippen LogP contribution in [0.4, 0.5) is 5.69 Å². The molecule has 3 atom stereocenters. The van der Waals surface area contributed by atoms with Gasteiger partial charge in [-0.3, -0.25) is 14.0 Å². The summed E-state index contributed by atoms with van der Waals surface area (Å²) in [7, 11) is 1.84. The van der Waals surface area contributed by atoms with E-state index >= 15 is 0 Å². The van der Waals surface area contributed by atoms with Gasteiger partial charge in [0.1, 0.15) is 11.2 Å². The van der Waals surface area contributed by atoms with E-state index in [9.17, 15) is 9.90 Å². The van der Waals surface area contributed by atoms with Gasteiger partial charge >= 0.3 is 0 Å². The Labute approximate surface area is 202 Å². The zero-order valence-corrected chi connectivity index (χ0v) is 19.8. The van der Waals surface area contributed by atoms with Gasteiger partial charge in [-0.25, -0.2) is 9.97 Å². The number of hydrogen-bond acceptors (Lipinski definition) is 7. The van der Waals surface area contributed by atoms with E-state index in [1.54, 1.807) is 23.9 Å². The normalized spacial score (nSPS) is 20.5. The molecule has 0 radical (unpaired) electrons. The highest BCUT2D eigenvalue weighted by Gasteiger charge is 2.33. The van der Waals surface area contributed by atoms with Crippen molar-refractivity contribution in [3.63, 3.8) is 0 Å². The Morgan fingerprint density at radius 3 is 2.54 bits per heavy atom. The molecule has 0 saturated carbocycles. The van der Waals surface area contributed by atoms with Crippen LogP contribution in [0, 0.1) is 0 Å². The smallest absolute Gasteiger partial charge is 0.261 e. The number of fused-ring (bicyclic) bond motifs is 3. The molecule has 4 aromatic rings. The lowest BCUT2D eigenvalue weighted by molar-refractivity contribution is 0.0305. The van der Waals surface area contributed by atoms with Crippen molar-refractivity contribution in [1.29, 1.82) is 0 Å². The van der Waals surface area contributed by atoms with E-state index in [2.05, 4.69) is 39.2 Å². The monoisotopic (exact) mass is 472 g/mol. The fraction of sp³-hybridized carbons (Fsp3) is 0.385. The van der Waals surface area contributed by atoms with Gasteiger partial charge in [0, 0.05) is 43.1 Å². The van der Waals surface area contributed by atoms with Crippen LogP contribution in [0.2, 0.25) is 0 Å². The minimum Gasteiger partial charge on any atom is -0.394 e. The molecule has 2 fully saturated rings. The minimum atomic E-state index is -0.374. The maximum absolute atomic E-state index is 13.4. The Bertz CT molecular complexity index is 1430. The minimum absolute atomic E-state index is 0.148. The van der Waals surface area contributed by atoms with E-state index in [1.807, 2.05) is 13.2 Å². The third-order valence-electron chi connectivity index (χ3n) is 7.06. The van der Waals surface area contributed by atoms with Crippen molar-refractivity contribution in [2.24, 2.45) is 7.05 Å². The first kappa shape index (κ1) is 21.9. The summed E-state index contributed by atoms with van der Waals surface area (Å²) in [4.78, 5) is 25.2. The van der Waals surface area contributed by atoms with Gasteiger partial charge in [0.25, 0.3) is 5.56 Å². The van der Waals surface area contributed by atoms with Gasteiger partial charge in [-0.05, 0) is 38.0 Å². The van der Waals surface area contributed by atoms with Crippen LogP contribution in [0.1, 0.15) is 25.8 Å². The van der Waals surface area contributed by atoms with Gasteiger partial charge in [0.05, 0.1) is 48.5 Å². The van der Waals surface area contributed by atoms with Crippen molar-refractivity contribution in [2.45, 2.75) is 38.0 Å². The van der Waals surface area contributed by atoms with Crippen molar-refractivity contribution < 1.29 is 9.84 Å². The number of aryl methyl sites for hydroxylation is 1. The first-order chi connectivity index (χ1) is 17.0. The van der Waals surface area contributed by atoms with Crippen molar-refractivity contribution in [1.82, 2.24) is 24.3 Å². The van der Waals surface area contributed by atoms with Gasteiger partial charge in [-0.15, -0.1) is 0 Å². The van der Waals surface area contributed by atoms with Gasteiger partial charge in [-0.1, -0.05) is 12.1 Å². The molecule has 5 heterocycles. The van der Waals surface area contributed by atoms with Crippen LogP contribution in [-0.4, -0.2) is 61.3 Å². The molecule has 2 bridgehead atoms. The number of anilines is 1. The van der Waals surface area contributed by atoms with Crippen LogP contribution < -0.4 is 10.5 Å². The van der Waals surface area contributed by atoms with Gasteiger partial charge in [0.2, 0.25) is 0 Å². The molecule has 35 heavy (non-hydrogen) atoms. The van der Waals surface area contributed by atoms with Crippen LogP contribution >= 0.6 is 0 Å². The van der Waals surface area contributed by atoms with E-state index in [1.165, 1.54) is 16.6 Å². The van der Waals surface area contributed by atoms with E-state index < -0.39 is 0 Å². The average molecular weight is 473 g/mol. The summed E-state index contributed by atoms with van der Waals surface area (Å²) < 4.78 is 9.14. The van der Waals surface area contributed by atoms with Crippen LogP contribution in [0.5, 0.6) is 0 Å². The molecule has 1 aromatic carbocycles. The lowest BCUT2D eigenvalue weighted by atomic mass is 10.1. The second-order valence-electron chi connectivity index (χ2n) is 9.55. The number of hydrogen-bond donors (Lipinski definition) is 1. The molecule has 0 amide bonds. The lowest BCUT2D eigenvalue weighted by Gasteiger charge is -2.33. The largest absolute Gasteiger partial charge is 0.394 e. The van der Waals surface area contributed by atoms with Gasteiger partial charge in [-0.2, -0.15) is 5.10 Å². The summed E-state index contributed by atoms with van der Waals surface area (Å²) in [6.07, 6.45) is 8.00. The predicted molar refractivity (Wildman–Crippen MR) is 133 cm³/mol. The van der Waals surface area contributed by atoms with Crippen molar-refractivity contribution >= 4 is 16.6 Å². The summed E-state index contributed by atoms with van der Waals surface area (Å²) in [6.45, 7) is 3.48. The number of aliphatic hydroxyl groups excluding tert-OH is 1. The Morgan fingerprint density at radius 1 is 1.14 bits per heavy atom. The van der Waals surface area contributed by atoms with Crippen LogP contribution in [-0.2, 0) is 11.8 Å². The van der Waals surface area contributed by atoms with E-state index in [0.717, 1.165) is 37.1 Å². The molecule has 0 aliphatic carbocycles. The fourth-order valence-corrected chi connectivity index (χ4v) is 5.11. The molecule has 6 rings (SSSR count). The lowest BCUT2D eigenvalue weighted by Crippen LogP contribution is -2.42. The number of benzene rings is 1. The summed E-state index contributed by atoms with van der Waals surface area (Å²) in [6, 6.07) is 9.77. The quantitative estimate of drug-likeness (QED) is 0.477. The summed E-state index contributed by atoms with van der Waals surface area (Å²) >= 11 is 0. The Kier molecular flexibility index (Phi) is 5.38. The SMILES string of the molecule is C[C@@H](CO)n1cnc2c(-c3cnn(C)c3)nc(-c3ccc(N4CC5CCC(C4)O5)cc3)cc2c1=O. The Balaban J connectivity index is 1.44. The van der Waals surface area contributed by atoms with Crippen molar-refractivity contribution in [2.75, 3.05) is 24.6 Å². The topological polar surface area (TPSA) is 98.3 Å². The molecule has 2 unspecified atom stereocenters. The Morgan fingerprint density at radius 2 is 1.89 bits per heavy atom. The molecular formula is C26H28N6O3. The second-order valence-corrected chi connectivity index (χ2v) is 9.55. The second kappa shape index (κ2) is 8.58. The molecule has 2 saturated heterocycles. The highest BCUT2D eigenvalue weighted by Crippen LogP contribution is 2.32. The first-order valence-electron chi connectivity index (χ1n) is 12.0. The number of ether oxygens (including phenoxy) is 1. The molecular weight excluding hydrogens is 444 g/mol. The molecule has 2 aliphatic heterocycles. The number of pyridine rings is 1. The number of rotatable bonds is 5. The number of morpholine rings is 1. The molecule has 180 valence electrons. The summed E-state index contributed by atoms with van der Waals surface area (Å²) in [5.74, 6) is 0. The van der Waals surface area contributed by atoms with Crippen LogP contribution in [0.25, 0.3) is 33.4 Å². The zero-order chi connectivity index (χ0) is 24.1. The van der Waals surface area contributed by atoms with Gasteiger partial charge in [0.15, 0.2) is 0 Å². The van der Waals surface area contributed by atoms with Crippen molar-refractivity contribution in [3.8, 4) is 22.5 Å². The first-order valence-corrected chi connectivity index (χ1v) is 12.0. The summed E-state index contributed by atoms with van der Waals surface area (Å²) in [5, 5.41) is 14.3. The third-order valence-corrected chi connectivity index (χ3v) is 7.06. The van der Waals surface area contributed by atoms with Crippen molar-refractivity contribution in [3.05, 3.63) is 59.4 Å². The van der Waals surface area contributed by atoms with Gasteiger partial charge < -0.3 is 14.7 Å². The molecule has 0 spiro atoms. The van der Waals surface area contributed by atoms with E-state index in [0.29, 0.717) is 34.5 Å². The standard InChI is InChI=1S/C26H28N6O3/c1-16(14-33)32-15-27-25-22(26(32)34)9-23(29-24(25)18-10-28-30(2)11-18)17-3-5-19(6-4-17)31-12-20-7-8-21(13-31)35-20/h3-6,9-11,15-16,20-21,33H,7-8,12-14H2,1-2H3/t16-,20?,21?/m0/s1. The van der Waals surface area contributed by atoms with E-state index in [4.69, 9.17) is 9.72 Å². The molecule has 9 nitrogen and oxygen atoms in total. The highest BCUT2D eigenvalue weighted by atomic mass is 16.5. The zero-order valence-electron chi connectivity index (χ0n) is 19.8. The molecule has 9 heteroatoms.